The molecule has 1 aromatic carbocycles. The number of sulfonamides is 1. The number of thiazole rings is 1. The molecule has 26 heavy (non-hydrogen) atoms. The van der Waals surface area contributed by atoms with Crippen LogP contribution in [0.25, 0.3) is 10.6 Å². The molecule has 5 nitrogen and oxygen atoms in total. The third-order valence-corrected chi connectivity index (χ3v) is 6.97. The first-order valence-electron chi connectivity index (χ1n) is 8.30. The van der Waals surface area contributed by atoms with Gasteiger partial charge in [-0.3, -0.25) is 4.98 Å². The summed E-state index contributed by atoms with van der Waals surface area (Å²) < 4.78 is 27.9. The molecular formula is C19H21N3O2S2. The molecule has 0 atom stereocenters. The largest absolute Gasteiger partial charge is 0.265 e. The van der Waals surface area contributed by atoms with E-state index in [0.717, 1.165) is 32.3 Å². The Morgan fingerprint density at radius 2 is 1.81 bits per heavy atom. The van der Waals surface area contributed by atoms with E-state index in [1.165, 1.54) is 0 Å². The van der Waals surface area contributed by atoms with E-state index >= 15 is 0 Å². The van der Waals surface area contributed by atoms with Crippen molar-refractivity contribution in [2.45, 2.75) is 32.1 Å². The normalized spacial score (nSPS) is 11.7. The lowest BCUT2D eigenvalue weighted by Gasteiger charge is -2.10. The standard InChI is InChI=1S/C19H21N3O2S2/c1-13-4-5-14(2)18(12-13)26(23,24)21-11-8-17-15(3)22-19(25-17)16-6-9-20-10-7-16/h4-7,9-10,12,21H,8,11H2,1-3H3. The maximum absolute atomic E-state index is 12.6. The number of nitrogens with one attached hydrogen (secondary N) is 1. The SMILES string of the molecule is Cc1ccc(C)c(S(=O)(=O)NCCc2sc(-c3ccncc3)nc2C)c1. The van der Waals surface area contributed by atoms with Gasteiger partial charge in [0, 0.05) is 29.4 Å². The zero-order valence-electron chi connectivity index (χ0n) is 15.0. The monoisotopic (exact) mass is 387 g/mol. The molecule has 2 heterocycles. The number of benzene rings is 1. The highest BCUT2D eigenvalue weighted by atomic mass is 32.2. The molecule has 0 saturated heterocycles. The average Bonchev–Trinajstić information content (AvgIpc) is 2.98. The molecule has 0 saturated carbocycles. The van der Waals surface area contributed by atoms with Crippen LogP contribution in [0, 0.1) is 20.8 Å². The summed E-state index contributed by atoms with van der Waals surface area (Å²) in [6.45, 7) is 5.99. The van der Waals surface area contributed by atoms with Crippen LogP contribution >= 0.6 is 11.3 Å². The molecule has 0 bridgehead atoms. The number of aryl methyl sites for hydroxylation is 3. The minimum Gasteiger partial charge on any atom is -0.265 e. The summed E-state index contributed by atoms with van der Waals surface area (Å²) in [5.41, 5.74) is 3.64. The molecule has 0 radical (unpaired) electrons. The zero-order chi connectivity index (χ0) is 18.7. The number of aromatic nitrogens is 2. The molecule has 7 heteroatoms. The van der Waals surface area contributed by atoms with Crippen LogP contribution in [-0.2, 0) is 16.4 Å². The van der Waals surface area contributed by atoms with Crippen LogP contribution in [-0.4, -0.2) is 24.9 Å². The summed E-state index contributed by atoms with van der Waals surface area (Å²) in [5, 5.41) is 0.928. The Morgan fingerprint density at radius 1 is 1.08 bits per heavy atom. The molecule has 0 aliphatic rings. The molecule has 3 rings (SSSR count). The molecule has 0 aliphatic heterocycles. The second-order valence-corrected chi connectivity index (χ2v) is 9.00. The van der Waals surface area contributed by atoms with Crippen molar-refractivity contribution in [1.82, 2.24) is 14.7 Å². The van der Waals surface area contributed by atoms with E-state index in [1.54, 1.807) is 29.8 Å². The topological polar surface area (TPSA) is 72.0 Å². The minimum atomic E-state index is -3.52. The average molecular weight is 388 g/mol. The third-order valence-electron chi connectivity index (χ3n) is 4.10. The van der Waals surface area contributed by atoms with E-state index in [-0.39, 0.29) is 0 Å². The van der Waals surface area contributed by atoms with E-state index in [4.69, 9.17) is 0 Å². The number of hydrogen-bond donors (Lipinski definition) is 1. The van der Waals surface area contributed by atoms with Gasteiger partial charge in [-0.05, 0) is 56.5 Å². The van der Waals surface area contributed by atoms with Crippen molar-refractivity contribution < 1.29 is 8.42 Å². The van der Waals surface area contributed by atoms with Crippen LogP contribution in [0.3, 0.4) is 0 Å². The highest BCUT2D eigenvalue weighted by molar-refractivity contribution is 7.89. The van der Waals surface area contributed by atoms with Crippen molar-refractivity contribution in [3.05, 3.63) is 64.4 Å². The first-order chi connectivity index (χ1) is 12.4. The number of rotatable bonds is 6. The Kier molecular flexibility index (Phi) is 5.50. The van der Waals surface area contributed by atoms with Crippen LogP contribution in [0.5, 0.6) is 0 Å². The summed E-state index contributed by atoms with van der Waals surface area (Å²) in [4.78, 5) is 10.0. The lowest BCUT2D eigenvalue weighted by atomic mass is 10.2. The smallest absolute Gasteiger partial charge is 0.240 e. The fourth-order valence-electron chi connectivity index (χ4n) is 2.65. The molecule has 2 aromatic heterocycles. The van der Waals surface area contributed by atoms with E-state index in [1.807, 2.05) is 45.0 Å². The summed E-state index contributed by atoms with van der Waals surface area (Å²) in [7, 11) is -3.52. The lowest BCUT2D eigenvalue weighted by molar-refractivity contribution is 0.581. The predicted octanol–water partition coefficient (Wildman–Crippen LogP) is 3.65. The molecule has 0 spiro atoms. The molecule has 0 fully saturated rings. The highest BCUT2D eigenvalue weighted by Gasteiger charge is 2.17. The van der Waals surface area contributed by atoms with Crippen LogP contribution < -0.4 is 4.72 Å². The molecule has 3 aromatic rings. The van der Waals surface area contributed by atoms with Gasteiger partial charge in [0.2, 0.25) is 10.0 Å². The second kappa shape index (κ2) is 7.65. The summed E-state index contributed by atoms with van der Waals surface area (Å²) in [6.07, 6.45) is 4.09. The Labute approximate surface area is 158 Å². The minimum absolute atomic E-state index is 0.342. The van der Waals surface area contributed by atoms with E-state index < -0.39 is 10.0 Å². The van der Waals surface area contributed by atoms with E-state index in [9.17, 15) is 8.42 Å². The van der Waals surface area contributed by atoms with Gasteiger partial charge < -0.3 is 0 Å². The first-order valence-corrected chi connectivity index (χ1v) is 10.6. The molecule has 0 unspecified atom stereocenters. The van der Waals surface area contributed by atoms with E-state index in [0.29, 0.717) is 17.9 Å². The van der Waals surface area contributed by atoms with Crippen LogP contribution in [0.4, 0.5) is 0 Å². The van der Waals surface area contributed by atoms with Crippen molar-refractivity contribution in [3.8, 4) is 10.6 Å². The van der Waals surface area contributed by atoms with Crippen molar-refractivity contribution in [2.24, 2.45) is 0 Å². The van der Waals surface area contributed by atoms with Gasteiger partial charge in [-0.25, -0.2) is 18.1 Å². The number of hydrogen-bond acceptors (Lipinski definition) is 5. The fourth-order valence-corrected chi connectivity index (χ4v) is 5.08. The molecular weight excluding hydrogens is 366 g/mol. The second-order valence-electron chi connectivity index (χ2n) is 6.18. The maximum Gasteiger partial charge on any atom is 0.240 e. The maximum atomic E-state index is 12.6. The Morgan fingerprint density at radius 3 is 2.54 bits per heavy atom. The fraction of sp³-hybridized carbons (Fsp3) is 0.263. The van der Waals surface area contributed by atoms with Gasteiger partial charge in [0.1, 0.15) is 5.01 Å². The molecule has 136 valence electrons. The van der Waals surface area contributed by atoms with Gasteiger partial charge in [0.05, 0.1) is 10.6 Å². The van der Waals surface area contributed by atoms with Crippen molar-refractivity contribution >= 4 is 21.4 Å². The van der Waals surface area contributed by atoms with Crippen LogP contribution in [0.15, 0.2) is 47.6 Å². The molecule has 1 N–H and O–H groups in total. The quantitative estimate of drug-likeness (QED) is 0.701. The van der Waals surface area contributed by atoms with Gasteiger partial charge in [-0.2, -0.15) is 0 Å². The first kappa shape index (κ1) is 18.7. The highest BCUT2D eigenvalue weighted by Crippen LogP contribution is 2.27. The van der Waals surface area contributed by atoms with Crippen molar-refractivity contribution in [3.63, 3.8) is 0 Å². The van der Waals surface area contributed by atoms with Crippen LogP contribution in [0.2, 0.25) is 0 Å². The Hall–Kier alpha value is -2.09. The summed E-state index contributed by atoms with van der Waals surface area (Å²) in [5.74, 6) is 0. The van der Waals surface area contributed by atoms with Gasteiger partial charge >= 0.3 is 0 Å². The van der Waals surface area contributed by atoms with Crippen molar-refractivity contribution in [2.75, 3.05) is 6.54 Å². The zero-order valence-corrected chi connectivity index (χ0v) is 16.6. The third kappa shape index (κ3) is 4.17. The van der Waals surface area contributed by atoms with Gasteiger partial charge in [0.25, 0.3) is 0 Å². The van der Waals surface area contributed by atoms with Gasteiger partial charge in [-0.15, -0.1) is 11.3 Å². The molecule has 0 amide bonds. The lowest BCUT2D eigenvalue weighted by Crippen LogP contribution is -2.26. The number of nitrogens with zero attached hydrogens (tertiary/aromatic N) is 2. The molecule has 0 aliphatic carbocycles. The Bertz CT molecular complexity index is 1010. The summed E-state index contributed by atoms with van der Waals surface area (Å²) >= 11 is 1.59. The van der Waals surface area contributed by atoms with E-state index in [2.05, 4.69) is 14.7 Å². The predicted molar refractivity (Wildman–Crippen MR) is 105 cm³/mol. The Balaban J connectivity index is 1.70. The summed E-state index contributed by atoms with van der Waals surface area (Å²) in [6, 6.07) is 9.29. The van der Waals surface area contributed by atoms with Gasteiger partial charge in [0.15, 0.2) is 0 Å². The van der Waals surface area contributed by atoms with Crippen LogP contribution in [0.1, 0.15) is 21.7 Å². The van der Waals surface area contributed by atoms with Crippen molar-refractivity contribution in [1.29, 1.82) is 0 Å². The number of pyridine rings is 1. The van der Waals surface area contributed by atoms with Gasteiger partial charge in [-0.1, -0.05) is 12.1 Å².